The van der Waals surface area contributed by atoms with Crippen LogP contribution >= 0.6 is 12.2 Å². The van der Waals surface area contributed by atoms with Crippen LogP contribution in [-0.2, 0) is 33.7 Å². The molecule has 176 valence electrons. The average molecular weight is 476 g/mol. The Morgan fingerprint density at radius 1 is 0.824 bits per heavy atom. The van der Waals surface area contributed by atoms with Crippen molar-refractivity contribution in [3.63, 3.8) is 0 Å². The molecule has 6 heteroatoms. The molecule has 4 atom stereocenters. The van der Waals surface area contributed by atoms with Gasteiger partial charge < -0.3 is 19.5 Å². The lowest BCUT2D eigenvalue weighted by Crippen LogP contribution is -2.50. The molecule has 1 heterocycles. The summed E-state index contributed by atoms with van der Waals surface area (Å²) in [6, 6.07) is 29.4. The zero-order valence-electron chi connectivity index (χ0n) is 19.1. The van der Waals surface area contributed by atoms with E-state index in [1.807, 2.05) is 78.9 Å². The minimum atomic E-state index is -0.499. The van der Waals surface area contributed by atoms with Crippen molar-refractivity contribution < 1.29 is 19.0 Å². The van der Waals surface area contributed by atoms with Crippen molar-refractivity contribution in [2.75, 3.05) is 0 Å². The van der Waals surface area contributed by atoms with E-state index in [9.17, 15) is 4.79 Å². The van der Waals surface area contributed by atoms with Gasteiger partial charge in [-0.2, -0.15) is 0 Å². The molecule has 1 N–H and O–H groups in total. The molecule has 0 unspecified atom stereocenters. The molecule has 1 saturated heterocycles. The topological polar surface area (TPSA) is 56.8 Å². The zero-order valence-corrected chi connectivity index (χ0v) is 19.9. The molecular weight excluding hydrogens is 446 g/mol. The number of thiocarbonyl (C=S) groups is 1. The molecule has 0 aliphatic carbocycles. The van der Waals surface area contributed by atoms with Crippen molar-refractivity contribution in [3.05, 3.63) is 108 Å². The molecule has 0 bridgehead atoms. The minimum Gasteiger partial charge on any atom is -0.449 e. The smallest absolute Gasteiger partial charge is 0.407 e. The van der Waals surface area contributed by atoms with E-state index >= 15 is 0 Å². The molecule has 0 saturated carbocycles. The molecule has 0 radical (unpaired) electrons. The normalized spacial score (nSPS) is 18.9. The maximum Gasteiger partial charge on any atom is 0.407 e. The summed E-state index contributed by atoms with van der Waals surface area (Å²) in [6.07, 6.45) is 0.143. The third kappa shape index (κ3) is 6.58. The average Bonchev–Trinajstić information content (AvgIpc) is 3.26. The number of carbonyl (C=O) groups excluding carboxylic acids is 1. The second-order valence-electron chi connectivity index (χ2n) is 8.58. The van der Waals surface area contributed by atoms with E-state index in [0.29, 0.717) is 6.42 Å². The predicted octanol–water partition coefficient (Wildman–Crippen LogP) is 5.47. The van der Waals surface area contributed by atoms with Crippen LogP contribution in [0.3, 0.4) is 0 Å². The van der Waals surface area contributed by atoms with Gasteiger partial charge in [0.15, 0.2) is 6.10 Å². The van der Waals surface area contributed by atoms with Crippen LogP contribution in [0.25, 0.3) is 0 Å². The lowest BCUT2D eigenvalue weighted by Gasteiger charge is -2.29. The molecule has 1 aliphatic heterocycles. The number of alkyl carbamates (subject to hydrolysis) is 1. The molecular formula is C28H29NO4S. The van der Waals surface area contributed by atoms with Crippen LogP contribution in [0.5, 0.6) is 0 Å². The first kappa shape index (κ1) is 23.8. The van der Waals surface area contributed by atoms with E-state index in [2.05, 4.69) is 24.4 Å². The van der Waals surface area contributed by atoms with Crippen molar-refractivity contribution in [3.8, 4) is 0 Å². The van der Waals surface area contributed by atoms with Crippen molar-refractivity contribution >= 4 is 23.5 Å². The molecule has 3 aromatic rings. The van der Waals surface area contributed by atoms with Gasteiger partial charge >= 0.3 is 11.3 Å². The summed E-state index contributed by atoms with van der Waals surface area (Å²) in [5.74, 6) is 0.119. The third-order valence-corrected chi connectivity index (χ3v) is 6.15. The lowest BCUT2D eigenvalue weighted by molar-refractivity contribution is 0.0709. The van der Waals surface area contributed by atoms with Gasteiger partial charge in [0.2, 0.25) is 0 Å². The number of carbonyl (C=O) groups is 1. The van der Waals surface area contributed by atoms with Crippen molar-refractivity contribution in [2.45, 2.75) is 44.6 Å². The first-order valence-electron chi connectivity index (χ1n) is 11.5. The second-order valence-corrected chi connectivity index (χ2v) is 8.92. The Morgan fingerprint density at radius 2 is 1.32 bits per heavy atom. The van der Waals surface area contributed by atoms with Crippen LogP contribution in [0.15, 0.2) is 91.0 Å². The first-order valence-corrected chi connectivity index (χ1v) is 11.9. The molecule has 1 aliphatic rings. The highest BCUT2D eigenvalue weighted by Crippen LogP contribution is 2.29. The minimum absolute atomic E-state index is 0.118. The van der Waals surface area contributed by atoms with Gasteiger partial charge in [0.1, 0.15) is 12.7 Å². The van der Waals surface area contributed by atoms with Gasteiger partial charge in [-0.1, -0.05) is 97.9 Å². The summed E-state index contributed by atoms with van der Waals surface area (Å²) in [4.78, 5) is 12.8. The Kier molecular flexibility index (Phi) is 8.15. The van der Waals surface area contributed by atoms with Crippen LogP contribution in [0.1, 0.15) is 23.6 Å². The summed E-state index contributed by atoms with van der Waals surface area (Å²) < 4.78 is 17.4. The van der Waals surface area contributed by atoms with Gasteiger partial charge in [0, 0.05) is 18.1 Å². The molecule has 0 aromatic heterocycles. The SMILES string of the molecule is C[C@H](Cc1ccccc1)[C@@H]1OC(=S)O[C@H]1[C@@H](Cc1ccccc1)NC(=O)OCc1ccccc1. The molecule has 1 amide bonds. The summed E-state index contributed by atoms with van der Waals surface area (Å²) >= 11 is 5.28. The maximum absolute atomic E-state index is 12.8. The second kappa shape index (κ2) is 11.7. The highest BCUT2D eigenvalue weighted by Gasteiger charge is 2.43. The number of benzene rings is 3. The van der Waals surface area contributed by atoms with Gasteiger partial charge in [-0.25, -0.2) is 4.79 Å². The van der Waals surface area contributed by atoms with E-state index < -0.39 is 12.2 Å². The number of nitrogens with one attached hydrogen (secondary N) is 1. The van der Waals surface area contributed by atoms with Gasteiger partial charge in [0.25, 0.3) is 0 Å². The molecule has 3 aromatic carbocycles. The Hall–Kier alpha value is -3.38. The van der Waals surface area contributed by atoms with Gasteiger partial charge in [-0.05, 0) is 29.5 Å². The number of ether oxygens (including phenoxy) is 3. The van der Waals surface area contributed by atoms with Crippen molar-refractivity contribution in [1.82, 2.24) is 5.32 Å². The monoisotopic (exact) mass is 475 g/mol. The fourth-order valence-corrected chi connectivity index (χ4v) is 4.49. The van der Waals surface area contributed by atoms with Gasteiger partial charge in [-0.3, -0.25) is 0 Å². The molecule has 4 rings (SSSR count). The highest BCUT2D eigenvalue weighted by molar-refractivity contribution is 7.79. The number of rotatable bonds is 9. The molecule has 0 spiro atoms. The van der Waals surface area contributed by atoms with Gasteiger partial charge in [0.05, 0.1) is 6.04 Å². The summed E-state index contributed by atoms with van der Waals surface area (Å²) in [6.45, 7) is 2.31. The Balaban J connectivity index is 1.48. The quantitative estimate of drug-likeness (QED) is 0.416. The molecule has 34 heavy (non-hydrogen) atoms. The van der Waals surface area contributed by atoms with Gasteiger partial charge in [-0.15, -0.1) is 0 Å². The van der Waals surface area contributed by atoms with E-state index in [0.717, 1.165) is 17.5 Å². The largest absolute Gasteiger partial charge is 0.449 e. The Labute approximate surface area is 206 Å². The van der Waals surface area contributed by atoms with Crippen LogP contribution < -0.4 is 5.32 Å². The van der Waals surface area contributed by atoms with Crippen LogP contribution in [0, 0.1) is 5.92 Å². The number of hydrogen-bond acceptors (Lipinski definition) is 5. The predicted molar refractivity (Wildman–Crippen MR) is 135 cm³/mol. The standard InChI is InChI=1S/C28H29NO4S/c1-20(17-21-11-5-2-6-12-21)25-26(33-28(34)32-25)24(18-22-13-7-3-8-14-22)29-27(30)31-19-23-15-9-4-10-16-23/h2-16,20,24-26H,17-19H2,1H3,(H,29,30)/t20-,24-,25+,26+/m1/s1. The molecule has 5 nitrogen and oxygen atoms in total. The van der Waals surface area contributed by atoms with Crippen molar-refractivity contribution in [1.29, 1.82) is 0 Å². The first-order chi connectivity index (χ1) is 16.6. The highest BCUT2D eigenvalue weighted by atomic mass is 32.1. The van der Waals surface area contributed by atoms with E-state index in [1.165, 1.54) is 5.56 Å². The number of amides is 1. The van der Waals surface area contributed by atoms with E-state index in [-0.39, 0.29) is 29.9 Å². The maximum atomic E-state index is 12.8. The van der Waals surface area contributed by atoms with E-state index in [4.69, 9.17) is 26.4 Å². The summed E-state index contributed by atoms with van der Waals surface area (Å²) in [7, 11) is 0. The zero-order chi connectivity index (χ0) is 23.8. The fourth-order valence-electron chi connectivity index (χ4n) is 4.27. The number of hydrogen-bond donors (Lipinski definition) is 1. The summed E-state index contributed by atoms with van der Waals surface area (Å²) in [5, 5.41) is 3.14. The van der Waals surface area contributed by atoms with Crippen LogP contribution in [-0.4, -0.2) is 29.6 Å². The Bertz CT molecular complexity index is 1060. The fraction of sp³-hybridized carbons (Fsp3) is 0.286. The summed E-state index contributed by atoms with van der Waals surface area (Å²) in [5.41, 5.74) is 3.21. The third-order valence-electron chi connectivity index (χ3n) is 5.96. The van der Waals surface area contributed by atoms with E-state index in [1.54, 1.807) is 0 Å². The molecule has 1 fully saturated rings. The van der Waals surface area contributed by atoms with Crippen molar-refractivity contribution in [2.24, 2.45) is 5.92 Å². The van der Waals surface area contributed by atoms with Crippen LogP contribution in [0.4, 0.5) is 4.79 Å². The van der Waals surface area contributed by atoms with Crippen LogP contribution in [0.2, 0.25) is 0 Å². The Morgan fingerprint density at radius 3 is 1.91 bits per heavy atom. The lowest BCUT2D eigenvalue weighted by atomic mass is 9.88.